The van der Waals surface area contributed by atoms with Gasteiger partial charge in [-0.1, -0.05) is 41.6 Å². The maximum atomic E-state index is 12.1. The van der Waals surface area contributed by atoms with E-state index in [1.807, 2.05) is 6.20 Å². The molecule has 1 aliphatic heterocycles. The number of nitrogens with zero attached hydrogens (tertiary/aromatic N) is 2. The van der Waals surface area contributed by atoms with Gasteiger partial charge in [0.15, 0.2) is 5.16 Å². The standard InChI is InChI=1S/C19H25N3O2S/c1-3-22-17(15-8-6-14(2)7-9-15)12-21-19(22)25-13-18(23)20-11-16-5-4-10-24-16/h6-9,12,16H,3-5,10-11,13H2,1-2H3,(H,20,23)/t16-/m1/s1. The van der Waals surface area contributed by atoms with Crippen LogP contribution in [0.2, 0.25) is 0 Å². The van der Waals surface area contributed by atoms with Crippen molar-refractivity contribution in [2.75, 3.05) is 18.9 Å². The topological polar surface area (TPSA) is 56.2 Å². The zero-order chi connectivity index (χ0) is 17.6. The van der Waals surface area contributed by atoms with Crippen LogP contribution in [0.15, 0.2) is 35.6 Å². The minimum atomic E-state index is 0.0306. The highest BCUT2D eigenvalue weighted by Crippen LogP contribution is 2.26. The van der Waals surface area contributed by atoms with E-state index in [1.165, 1.54) is 17.3 Å². The predicted molar refractivity (Wildman–Crippen MR) is 101 cm³/mol. The largest absolute Gasteiger partial charge is 0.376 e. The highest BCUT2D eigenvalue weighted by molar-refractivity contribution is 7.99. The number of hydrogen-bond acceptors (Lipinski definition) is 4. The van der Waals surface area contributed by atoms with E-state index in [-0.39, 0.29) is 12.0 Å². The van der Waals surface area contributed by atoms with Crippen molar-refractivity contribution in [3.63, 3.8) is 0 Å². The summed E-state index contributed by atoms with van der Waals surface area (Å²) >= 11 is 1.48. The second-order valence-electron chi connectivity index (χ2n) is 6.26. The Labute approximate surface area is 153 Å². The van der Waals surface area contributed by atoms with E-state index >= 15 is 0 Å². The van der Waals surface area contributed by atoms with Crippen LogP contribution in [0.25, 0.3) is 11.3 Å². The predicted octanol–water partition coefficient (Wildman–Crippen LogP) is 3.27. The second-order valence-corrected chi connectivity index (χ2v) is 7.21. The van der Waals surface area contributed by atoms with Crippen LogP contribution < -0.4 is 5.32 Å². The molecule has 0 spiro atoms. The van der Waals surface area contributed by atoms with Crippen LogP contribution >= 0.6 is 11.8 Å². The number of carbonyl (C=O) groups excluding carboxylic acids is 1. The van der Waals surface area contributed by atoms with Crippen molar-refractivity contribution >= 4 is 17.7 Å². The SMILES string of the molecule is CCn1c(-c2ccc(C)cc2)cnc1SCC(=O)NC[C@H]1CCCO1. The van der Waals surface area contributed by atoms with Crippen molar-refractivity contribution in [2.45, 2.75) is 44.5 Å². The van der Waals surface area contributed by atoms with Gasteiger partial charge in [-0.3, -0.25) is 4.79 Å². The molecule has 0 radical (unpaired) electrons. The third-order valence-electron chi connectivity index (χ3n) is 4.37. The number of rotatable bonds is 7. The number of nitrogens with one attached hydrogen (secondary N) is 1. The third-order valence-corrected chi connectivity index (χ3v) is 5.36. The lowest BCUT2D eigenvalue weighted by Gasteiger charge is -2.11. The highest BCUT2D eigenvalue weighted by Gasteiger charge is 2.17. The monoisotopic (exact) mass is 359 g/mol. The summed E-state index contributed by atoms with van der Waals surface area (Å²) in [6, 6.07) is 8.43. The van der Waals surface area contributed by atoms with Crippen molar-refractivity contribution < 1.29 is 9.53 Å². The fourth-order valence-corrected chi connectivity index (χ4v) is 3.82. The van der Waals surface area contributed by atoms with Gasteiger partial charge in [-0.2, -0.15) is 0 Å². The Balaban J connectivity index is 1.58. The Hall–Kier alpha value is -1.79. The van der Waals surface area contributed by atoms with Crippen LogP contribution in [0.4, 0.5) is 0 Å². The Morgan fingerprint density at radius 1 is 1.40 bits per heavy atom. The second kappa shape index (κ2) is 8.54. The quantitative estimate of drug-likeness (QED) is 0.771. The molecule has 2 heterocycles. The number of thioether (sulfide) groups is 1. The Bertz CT molecular complexity index is 706. The van der Waals surface area contributed by atoms with Crippen LogP contribution in [-0.4, -0.2) is 40.5 Å². The fraction of sp³-hybridized carbons (Fsp3) is 0.474. The van der Waals surface area contributed by atoms with Gasteiger partial charge in [0.25, 0.3) is 0 Å². The Kier molecular flexibility index (Phi) is 6.15. The number of aryl methyl sites for hydroxylation is 1. The lowest BCUT2D eigenvalue weighted by atomic mass is 10.1. The molecule has 134 valence electrons. The first-order valence-corrected chi connectivity index (χ1v) is 9.79. The summed E-state index contributed by atoms with van der Waals surface area (Å²) in [5, 5.41) is 3.84. The van der Waals surface area contributed by atoms with E-state index in [1.54, 1.807) is 0 Å². The smallest absolute Gasteiger partial charge is 0.230 e. The van der Waals surface area contributed by atoms with Crippen LogP contribution in [0.3, 0.4) is 0 Å². The summed E-state index contributed by atoms with van der Waals surface area (Å²) in [5.41, 5.74) is 3.48. The highest BCUT2D eigenvalue weighted by atomic mass is 32.2. The normalized spacial score (nSPS) is 17.0. The molecule has 1 saturated heterocycles. The molecule has 0 saturated carbocycles. The van der Waals surface area contributed by atoms with Crippen molar-refractivity contribution in [3.8, 4) is 11.3 Å². The molecule has 25 heavy (non-hydrogen) atoms. The van der Waals surface area contributed by atoms with Gasteiger partial charge in [0.1, 0.15) is 0 Å². The van der Waals surface area contributed by atoms with E-state index in [2.05, 4.69) is 53.0 Å². The Morgan fingerprint density at radius 3 is 2.88 bits per heavy atom. The molecular weight excluding hydrogens is 334 g/mol. The molecule has 0 aliphatic carbocycles. The summed E-state index contributed by atoms with van der Waals surface area (Å²) in [5.74, 6) is 0.403. The molecule has 1 amide bonds. The van der Waals surface area contributed by atoms with Crippen molar-refractivity contribution in [1.82, 2.24) is 14.9 Å². The van der Waals surface area contributed by atoms with Gasteiger partial charge in [0.2, 0.25) is 5.91 Å². The average Bonchev–Trinajstić information content (AvgIpc) is 3.28. The first-order valence-electron chi connectivity index (χ1n) is 8.81. The molecule has 2 aromatic rings. The maximum Gasteiger partial charge on any atom is 0.230 e. The molecule has 1 aromatic carbocycles. The number of hydrogen-bond donors (Lipinski definition) is 1. The number of ether oxygens (including phenoxy) is 1. The first kappa shape index (κ1) is 18.0. The number of imidazole rings is 1. The van der Waals surface area contributed by atoms with Crippen molar-refractivity contribution in [1.29, 1.82) is 0 Å². The van der Waals surface area contributed by atoms with Crippen molar-refractivity contribution in [2.24, 2.45) is 0 Å². The molecule has 3 rings (SSSR count). The van der Waals surface area contributed by atoms with E-state index in [0.717, 1.165) is 42.4 Å². The molecule has 1 aliphatic rings. The number of carbonyl (C=O) groups is 1. The molecule has 1 aromatic heterocycles. The zero-order valence-corrected chi connectivity index (χ0v) is 15.6. The fourth-order valence-electron chi connectivity index (χ4n) is 2.95. The minimum Gasteiger partial charge on any atom is -0.376 e. The number of aromatic nitrogens is 2. The van der Waals surface area contributed by atoms with Crippen molar-refractivity contribution in [3.05, 3.63) is 36.0 Å². The maximum absolute atomic E-state index is 12.1. The lowest BCUT2D eigenvalue weighted by Crippen LogP contribution is -2.32. The Morgan fingerprint density at radius 2 is 2.20 bits per heavy atom. The zero-order valence-electron chi connectivity index (χ0n) is 14.8. The van der Waals surface area contributed by atoms with Gasteiger partial charge < -0.3 is 14.6 Å². The van der Waals surface area contributed by atoms with Gasteiger partial charge in [-0.25, -0.2) is 4.98 Å². The van der Waals surface area contributed by atoms with Crippen LogP contribution in [0, 0.1) is 6.92 Å². The molecule has 5 nitrogen and oxygen atoms in total. The molecule has 1 N–H and O–H groups in total. The molecular formula is C19H25N3O2S. The van der Waals surface area contributed by atoms with E-state index in [9.17, 15) is 4.79 Å². The molecule has 1 atom stereocenters. The average molecular weight is 359 g/mol. The summed E-state index contributed by atoms with van der Waals surface area (Å²) < 4.78 is 7.68. The lowest BCUT2D eigenvalue weighted by molar-refractivity contribution is -0.119. The van der Waals surface area contributed by atoms with Gasteiger partial charge in [-0.05, 0) is 32.3 Å². The summed E-state index contributed by atoms with van der Waals surface area (Å²) in [6.07, 6.45) is 4.19. The summed E-state index contributed by atoms with van der Waals surface area (Å²) in [4.78, 5) is 16.6. The van der Waals surface area contributed by atoms with Crippen LogP contribution in [0.1, 0.15) is 25.3 Å². The first-order chi connectivity index (χ1) is 12.2. The van der Waals surface area contributed by atoms with Gasteiger partial charge in [0.05, 0.1) is 23.7 Å². The molecule has 6 heteroatoms. The van der Waals surface area contributed by atoms with Crippen LogP contribution in [0.5, 0.6) is 0 Å². The summed E-state index contributed by atoms with van der Waals surface area (Å²) in [7, 11) is 0. The minimum absolute atomic E-state index is 0.0306. The van der Waals surface area contributed by atoms with Gasteiger partial charge >= 0.3 is 0 Å². The van der Waals surface area contributed by atoms with Gasteiger partial charge in [-0.15, -0.1) is 0 Å². The molecule has 1 fully saturated rings. The summed E-state index contributed by atoms with van der Waals surface area (Å²) in [6.45, 7) is 6.42. The van der Waals surface area contributed by atoms with E-state index in [0.29, 0.717) is 12.3 Å². The number of amides is 1. The number of benzene rings is 1. The van der Waals surface area contributed by atoms with E-state index in [4.69, 9.17) is 4.74 Å². The third kappa shape index (κ3) is 4.64. The van der Waals surface area contributed by atoms with Gasteiger partial charge in [0, 0.05) is 19.7 Å². The molecule has 0 unspecified atom stereocenters. The molecule has 0 bridgehead atoms. The van der Waals surface area contributed by atoms with E-state index < -0.39 is 0 Å². The van der Waals surface area contributed by atoms with Crippen LogP contribution in [-0.2, 0) is 16.1 Å².